The van der Waals surface area contributed by atoms with E-state index in [1.54, 1.807) is 4.90 Å². The summed E-state index contributed by atoms with van der Waals surface area (Å²) in [7, 11) is 0. The third kappa shape index (κ3) is 1.78. The quantitative estimate of drug-likeness (QED) is 0.661. The summed E-state index contributed by atoms with van der Waals surface area (Å²) in [5.74, 6) is 0.544. The Kier molecular flexibility index (Phi) is 2.73. The van der Waals surface area contributed by atoms with Gasteiger partial charge in [-0.2, -0.15) is 0 Å². The van der Waals surface area contributed by atoms with Crippen LogP contribution in [0.25, 0.3) is 0 Å². The summed E-state index contributed by atoms with van der Waals surface area (Å²) < 4.78 is 0. The zero-order chi connectivity index (χ0) is 9.30. The topological polar surface area (TPSA) is 40.5 Å². The van der Waals surface area contributed by atoms with Gasteiger partial charge in [0.1, 0.15) is 0 Å². The molecule has 0 unspecified atom stereocenters. The smallest absolute Gasteiger partial charge is 0.225 e. The van der Waals surface area contributed by atoms with Crippen molar-refractivity contribution < 1.29 is 9.90 Å². The standard InChI is InChI=1S/C9H17NO2/c1-6(2)7(3)10-5-8(11)4-9(10)12/h6-8,11H,4-5H2,1-3H3/t7-,8-/m0/s1. The molecule has 3 nitrogen and oxygen atoms in total. The average molecular weight is 171 g/mol. The van der Waals surface area contributed by atoms with Crippen LogP contribution >= 0.6 is 0 Å². The summed E-state index contributed by atoms with van der Waals surface area (Å²) in [6, 6.07) is 0.245. The second kappa shape index (κ2) is 3.44. The molecule has 1 N–H and O–H groups in total. The van der Waals surface area contributed by atoms with Crippen molar-refractivity contribution in [3.8, 4) is 0 Å². The molecule has 1 heterocycles. The Labute approximate surface area is 73.4 Å². The Morgan fingerprint density at radius 1 is 1.50 bits per heavy atom. The highest BCUT2D eigenvalue weighted by Crippen LogP contribution is 2.18. The Morgan fingerprint density at radius 2 is 2.08 bits per heavy atom. The largest absolute Gasteiger partial charge is 0.391 e. The molecule has 0 aromatic rings. The van der Waals surface area contributed by atoms with Gasteiger partial charge in [0, 0.05) is 12.6 Å². The Bertz CT molecular complexity index is 179. The van der Waals surface area contributed by atoms with Gasteiger partial charge in [0.25, 0.3) is 0 Å². The van der Waals surface area contributed by atoms with Gasteiger partial charge in [0.05, 0.1) is 12.5 Å². The van der Waals surface area contributed by atoms with Gasteiger partial charge in [-0.15, -0.1) is 0 Å². The van der Waals surface area contributed by atoms with E-state index in [-0.39, 0.29) is 11.9 Å². The molecule has 1 fully saturated rings. The fraction of sp³-hybridized carbons (Fsp3) is 0.889. The zero-order valence-corrected chi connectivity index (χ0v) is 7.95. The highest BCUT2D eigenvalue weighted by molar-refractivity contribution is 5.79. The predicted molar refractivity (Wildman–Crippen MR) is 46.6 cm³/mol. The SMILES string of the molecule is CC(C)[C@H](C)N1C[C@@H](O)CC1=O. The van der Waals surface area contributed by atoms with E-state index < -0.39 is 6.10 Å². The summed E-state index contributed by atoms with van der Waals surface area (Å²) in [5.41, 5.74) is 0. The number of likely N-dealkylation sites (tertiary alicyclic amines) is 1. The molecule has 0 bridgehead atoms. The maximum absolute atomic E-state index is 11.3. The Hall–Kier alpha value is -0.570. The van der Waals surface area contributed by atoms with Gasteiger partial charge in [-0.25, -0.2) is 0 Å². The van der Waals surface area contributed by atoms with Crippen LogP contribution in [0.1, 0.15) is 27.2 Å². The predicted octanol–water partition coefficient (Wildman–Crippen LogP) is 0.624. The van der Waals surface area contributed by atoms with Crippen molar-refractivity contribution in [1.29, 1.82) is 0 Å². The van der Waals surface area contributed by atoms with Gasteiger partial charge in [-0.1, -0.05) is 13.8 Å². The molecule has 1 aliphatic rings. The number of rotatable bonds is 2. The monoisotopic (exact) mass is 171 g/mol. The van der Waals surface area contributed by atoms with Gasteiger partial charge in [0.2, 0.25) is 5.91 Å². The molecular weight excluding hydrogens is 154 g/mol. The molecular formula is C9H17NO2. The van der Waals surface area contributed by atoms with Crippen LogP contribution < -0.4 is 0 Å². The van der Waals surface area contributed by atoms with Gasteiger partial charge >= 0.3 is 0 Å². The minimum Gasteiger partial charge on any atom is -0.391 e. The molecule has 12 heavy (non-hydrogen) atoms. The Balaban J connectivity index is 2.58. The summed E-state index contributed by atoms with van der Waals surface area (Å²) in [6.07, 6.45) is -0.143. The fourth-order valence-corrected chi connectivity index (χ4v) is 1.47. The van der Waals surface area contributed by atoms with Crippen molar-refractivity contribution in [2.24, 2.45) is 5.92 Å². The summed E-state index contributed by atoms with van der Waals surface area (Å²) in [4.78, 5) is 13.1. The molecule has 2 atom stereocenters. The molecule has 1 amide bonds. The van der Waals surface area contributed by atoms with Crippen LogP contribution in [-0.4, -0.2) is 34.6 Å². The molecule has 1 rings (SSSR count). The van der Waals surface area contributed by atoms with E-state index >= 15 is 0 Å². The van der Waals surface area contributed by atoms with Crippen LogP contribution in [0.4, 0.5) is 0 Å². The highest BCUT2D eigenvalue weighted by atomic mass is 16.3. The molecule has 1 saturated heterocycles. The van der Waals surface area contributed by atoms with Crippen molar-refractivity contribution in [3.05, 3.63) is 0 Å². The first kappa shape index (κ1) is 9.52. The van der Waals surface area contributed by atoms with E-state index in [1.807, 2.05) is 6.92 Å². The van der Waals surface area contributed by atoms with Crippen molar-refractivity contribution in [2.45, 2.75) is 39.3 Å². The maximum atomic E-state index is 11.3. The summed E-state index contributed by atoms with van der Waals surface area (Å²) >= 11 is 0. The van der Waals surface area contributed by atoms with E-state index in [2.05, 4.69) is 13.8 Å². The third-order valence-electron chi connectivity index (χ3n) is 2.59. The number of amides is 1. The van der Waals surface area contributed by atoms with Gasteiger partial charge in [-0.05, 0) is 12.8 Å². The van der Waals surface area contributed by atoms with E-state index in [0.717, 1.165) is 0 Å². The minimum absolute atomic E-state index is 0.0868. The molecule has 0 aromatic carbocycles. The van der Waals surface area contributed by atoms with Crippen LogP contribution in [0.2, 0.25) is 0 Å². The molecule has 0 aliphatic carbocycles. The van der Waals surface area contributed by atoms with Gasteiger partial charge in [0.15, 0.2) is 0 Å². The maximum Gasteiger partial charge on any atom is 0.225 e. The number of hydrogen-bond donors (Lipinski definition) is 1. The first-order chi connectivity index (χ1) is 5.52. The van der Waals surface area contributed by atoms with Crippen molar-refractivity contribution in [1.82, 2.24) is 4.90 Å². The average Bonchev–Trinajstić information content (AvgIpc) is 2.28. The first-order valence-electron chi connectivity index (χ1n) is 4.50. The van der Waals surface area contributed by atoms with Crippen molar-refractivity contribution in [2.75, 3.05) is 6.54 Å². The van der Waals surface area contributed by atoms with Gasteiger partial charge < -0.3 is 10.0 Å². The number of hydrogen-bond acceptors (Lipinski definition) is 2. The van der Waals surface area contributed by atoms with Crippen LogP contribution in [0, 0.1) is 5.92 Å². The second-order valence-electron chi connectivity index (χ2n) is 3.89. The number of carbonyl (C=O) groups excluding carboxylic acids is 1. The number of aliphatic hydroxyl groups excluding tert-OH is 1. The Morgan fingerprint density at radius 3 is 2.42 bits per heavy atom. The van der Waals surface area contributed by atoms with Crippen LogP contribution in [0.3, 0.4) is 0 Å². The van der Waals surface area contributed by atoms with Crippen LogP contribution in [-0.2, 0) is 4.79 Å². The molecule has 0 spiro atoms. The number of carbonyl (C=O) groups is 1. The molecule has 0 aromatic heterocycles. The van der Waals surface area contributed by atoms with Gasteiger partial charge in [-0.3, -0.25) is 4.79 Å². The zero-order valence-electron chi connectivity index (χ0n) is 7.95. The van der Waals surface area contributed by atoms with E-state index in [4.69, 9.17) is 0 Å². The number of β-amino-alcohol motifs (C(OH)–C–C–N with tert-alkyl or cyclic N) is 1. The third-order valence-corrected chi connectivity index (χ3v) is 2.59. The lowest BCUT2D eigenvalue weighted by atomic mass is 10.1. The molecule has 0 radical (unpaired) electrons. The first-order valence-corrected chi connectivity index (χ1v) is 4.50. The molecule has 0 saturated carbocycles. The second-order valence-corrected chi connectivity index (χ2v) is 3.89. The fourth-order valence-electron chi connectivity index (χ4n) is 1.47. The normalized spacial score (nSPS) is 26.9. The summed E-state index contributed by atoms with van der Waals surface area (Å²) in [5, 5.41) is 9.24. The van der Waals surface area contributed by atoms with E-state index in [9.17, 15) is 9.90 Å². The summed E-state index contributed by atoms with van der Waals surface area (Å²) in [6.45, 7) is 6.71. The van der Waals surface area contributed by atoms with E-state index in [0.29, 0.717) is 18.9 Å². The van der Waals surface area contributed by atoms with Crippen molar-refractivity contribution in [3.63, 3.8) is 0 Å². The highest BCUT2D eigenvalue weighted by Gasteiger charge is 2.32. The van der Waals surface area contributed by atoms with Crippen LogP contribution in [0.15, 0.2) is 0 Å². The number of aliphatic hydroxyl groups is 1. The lowest BCUT2D eigenvalue weighted by Crippen LogP contribution is -2.38. The van der Waals surface area contributed by atoms with Crippen LogP contribution in [0.5, 0.6) is 0 Å². The molecule has 3 heteroatoms. The van der Waals surface area contributed by atoms with E-state index in [1.165, 1.54) is 0 Å². The lowest BCUT2D eigenvalue weighted by Gasteiger charge is -2.27. The lowest BCUT2D eigenvalue weighted by molar-refractivity contribution is -0.130. The van der Waals surface area contributed by atoms with Crippen molar-refractivity contribution >= 4 is 5.91 Å². The molecule has 70 valence electrons. The number of nitrogens with zero attached hydrogens (tertiary/aromatic N) is 1. The minimum atomic E-state index is -0.446. The molecule has 1 aliphatic heterocycles.